The molecule has 32 heavy (non-hydrogen) atoms. The van der Waals surface area contributed by atoms with Crippen molar-refractivity contribution in [2.45, 2.75) is 95.9 Å². The number of ether oxygens (including phenoxy) is 1. The van der Waals surface area contributed by atoms with Gasteiger partial charge in [-0.2, -0.15) is 0 Å². The molecule has 4 fully saturated rings. The first-order valence-corrected chi connectivity index (χ1v) is 12.3. The van der Waals surface area contributed by atoms with Gasteiger partial charge in [0, 0.05) is 18.4 Å². The molecule has 0 aliphatic heterocycles. The van der Waals surface area contributed by atoms with Crippen LogP contribution < -0.4 is 5.63 Å². The van der Waals surface area contributed by atoms with E-state index in [1.54, 1.807) is 6.07 Å². The molecule has 4 saturated carbocycles. The van der Waals surface area contributed by atoms with Crippen LogP contribution >= 0.6 is 0 Å². The van der Waals surface area contributed by atoms with Crippen molar-refractivity contribution >= 4 is 5.97 Å². The van der Waals surface area contributed by atoms with Crippen molar-refractivity contribution < 1.29 is 24.2 Å². The van der Waals surface area contributed by atoms with Crippen molar-refractivity contribution in [2.24, 2.45) is 28.6 Å². The maximum absolute atomic E-state index is 12.3. The fourth-order valence-corrected chi connectivity index (χ4v) is 8.65. The van der Waals surface area contributed by atoms with Gasteiger partial charge in [0.2, 0.25) is 0 Å². The van der Waals surface area contributed by atoms with E-state index in [-0.39, 0.29) is 34.9 Å². The molecule has 6 nitrogen and oxygen atoms in total. The fourth-order valence-electron chi connectivity index (χ4n) is 8.65. The van der Waals surface area contributed by atoms with Crippen molar-refractivity contribution in [1.29, 1.82) is 0 Å². The zero-order chi connectivity index (χ0) is 22.9. The van der Waals surface area contributed by atoms with Gasteiger partial charge in [0.25, 0.3) is 0 Å². The molecule has 1 aromatic rings. The summed E-state index contributed by atoms with van der Waals surface area (Å²) in [5.74, 6) is 0.626. The van der Waals surface area contributed by atoms with Gasteiger partial charge in [-0.05, 0) is 92.1 Å². The molecule has 4 aliphatic rings. The van der Waals surface area contributed by atoms with Crippen molar-refractivity contribution in [1.82, 2.24) is 0 Å². The first kappa shape index (κ1) is 22.1. The van der Waals surface area contributed by atoms with Crippen molar-refractivity contribution in [3.8, 4) is 0 Å². The number of carbonyl (C=O) groups is 1. The Balaban J connectivity index is 1.45. The van der Waals surface area contributed by atoms with Crippen LogP contribution in [0.5, 0.6) is 0 Å². The molecule has 1 heterocycles. The van der Waals surface area contributed by atoms with Crippen LogP contribution in [-0.4, -0.2) is 34.0 Å². The number of carbonyl (C=O) groups excluding carboxylic acids is 1. The average Bonchev–Trinajstić information content (AvgIpc) is 2.95. The Hall–Kier alpha value is -1.66. The van der Waals surface area contributed by atoms with Crippen LogP contribution in [0, 0.1) is 28.6 Å². The van der Waals surface area contributed by atoms with Crippen LogP contribution in [0.25, 0.3) is 0 Å². The third-order valence-corrected chi connectivity index (χ3v) is 10.3. The van der Waals surface area contributed by atoms with Crippen molar-refractivity contribution in [3.63, 3.8) is 0 Å². The lowest BCUT2D eigenvalue weighted by Gasteiger charge is -2.64. The Morgan fingerprint density at radius 1 is 1.09 bits per heavy atom. The summed E-state index contributed by atoms with van der Waals surface area (Å²) < 4.78 is 10.7. The van der Waals surface area contributed by atoms with Gasteiger partial charge in [-0.15, -0.1) is 0 Å². The van der Waals surface area contributed by atoms with Gasteiger partial charge in [0.05, 0.1) is 18.0 Å². The van der Waals surface area contributed by atoms with E-state index in [1.807, 2.05) is 0 Å². The standard InChI is InChI=1S/C26H36O6/c1-15(27)32-18-8-10-24(2)17(12-18)5-6-20-19(24)9-11-25(3)21(13-22(28)26(20,25)30)16-4-7-23(29)31-14-16/h4,7,14,17-22,28,30H,5-6,8-13H2,1-3H3/t17-,18+,19+,20-,21-,22+,24+,25-,26-/m1/s1. The molecule has 6 heteroatoms. The molecule has 2 N–H and O–H groups in total. The van der Waals surface area contributed by atoms with Gasteiger partial charge < -0.3 is 19.4 Å². The minimum absolute atomic E-state index is 0.00764. The van der Waals surface area contributed by atoms with E-state index in [4.69, 9.17) is 9.15 Å². The monoisotopic (exact) mass is 444 g/mol. The second-order valence-electron chi connectivity index (χ2n) is 11.5. The van der Waals surface area contributed by atoms with Crippen LogP contribution in [0.3, 0.4) is 0 Å². The lowest BCUT2D eigenvalue weighted by atomic mass is 9.43. The first-order valence-electron chi connectivity index (χ1n) is 12.3. The Kier molecular flexibility index (Phi) is 5.14. The van der Waals surface area contributed by atoms with E-state index in [1.165, 1.54) is 19.3 Å². The Morgan fingerprint density at radius 2 is 1.88 bits per heavy atom. The largest absolute Gasteiger partial charge is 0.463 e. The average molecular weight is 445 g/mol. The molecular formula is C26H36O6. The molecule has 4 aliphatic carbocycles. The van der Waals surface area contributed by atoms with Crippen LogP contribution in [0.15, 0.2) is 27.6 Å². The summed E-state index contributed by atoms with van der Waals surface area (Å²) in [5.41, 5.74) is -1.02. The number of fused-ring (bicyclic) bond motifs is 5. The number of esters is 1. The maximum atomic E-state index is 12.3. The lowest BCUT2D eigenvalue weighted by molar-refractivity contribution is -0.234. The summed E-state index contributed by atoms with van der Waals surface area (Å²) in [6, 6.07) is 3.22. The third kappa shape index (κ3) is 2.98. The molecular weight excluding hydrogens is 408 g/mol. The minimum atomic E-state index is -1.16. The third-order valence-electron chi connectivity index (χ3n) is 10.3. The zero-order valence-electron chi connectivity index (χ0n) is 19.4. The summed E-state index contributed by atoms with van der Waals surface area (Å²) in [6.07, 6.45) is 7.72. The maximum Gasteiger partial charge on any atom is 0.335 e. The van der Waals surface area contributed by atoms with E-state index >= 15 is 0 Å². The van der Waals surface area contributed by atoms with Crippen LogP contribution in [-0.2, 0) is 9.53 Å². The van der Waals surface area contributed by atoms with E-state index in [0.29, 0.717) is 18.3 Å². The highest BCUT2D eigenvalue weighted by atomic mass is 16.5. The van der Waals surface area contributed by atoms with Gasteiger partial charge in [-0.1, -0.05) is 13.8 Å². The summed E-state index contributed by atoms with van der Waals surface area (Å²) >= 11 is 0. The molecule has 0 amide bonds. The first-order chi connectivity index (χ1) is 15.1. The highest BCUT2D eigenvalue weighted by molar-refractivity contribution is 5.66. The van der Waals surface area contributed by atoms with E-state index < -0.39 is 17.1 Å². The number of hydrogen-bond acceptors (Lipinski definition) is 6. The Bertz CT molecular complexity index is 935. The molecule has 176 valence electrons. The lowest BCUT2D eigenvalue weighted by Crippen LogP contribution is -2.65. The summed E-state index contributed by atoms with van der Waals surface area (Å²) in [4.78, 5) is 23.0. The molecule has 9 atom stereocenters. The molecule has 0 aromatic carbocycles. The predicted molar refractivity (Wildman–Crippen MR) is 118 cm³/mol. The Morgan fingerprint density at radius 3 is 2.56 bits per heavy atom. The quantitative estimate of drug-likeness (QED) is 0.674. The molecule has 5 rings (SSSR count). The SMILES string of the molecule is CC(=O)O[C@H]1CC[C@@]2(C)[C@H](CC[C@@H]3[C@@H]2CC[C@]2(C)[C@@H](c4ccc(=O)oc4)C[C@H](O)[C@]32O)C1. The molecule has 0 unspecified atom stereocenters. The highest BCUT2D eigenvalue weighted by Crippen LogP contribution is 2.70. The van der Waals surface area contributed by atoms with Crippen molar-refractivity contribution in [2.75, 3.05) is 0 Å². The Labute approximate surface area is 189 Å². The predicted octanol–water partition coefficient (Wildman–Crippen LogP) is 3.78. The van der Waals surface area contributed by atoms with E-state index in [9.17, 15) is 19.8 Å². The van der Waals surface area contributed by atoms with Gasteiger partial charge in [-0.25, -0.2) is 4.79 Å². The van der Waals surface area contributed by atoms with Gasteiger partial charge >= 0.3 is 11.6 Å². The van der Waals surface area contributed by atoms with E-state index in [2.05, 4.69) is 13.8 Å². The number of aliphatic hydroxyl groups excluding tert-OH is 1. The van der Waals surface area contributed by atoms with Gasteiger partial charge in [-0.3, -0.25) is 4.79 Å². The van der Waals surface area contributed by atoms with Crippen LogP contribution in [0.4, 0.5) is 0 Å². The van der Waals surface area contributed by atoms with Gasteiger partial charge in [0.15, 0.2) is 0 Å². The summed E-state index contributed by atoms with van der Waals surface area (Å²) in [5, 5.41) is 23.6. The smallest absolute Gasteiger partial charge is 0.335 e. The van der Waals surface area contributed by atoms with Crippen LogP contribution in [0.1, 0.15) is 83.6 Å². The molecule has 0 spiro atoms. The number of hydrogen-bond donors (Lipinski definition) is 2. The van der Waals surface area contributed by atoms with Gasteiger partial charge in [0.1, 0.15) is 6.10 Å². The van der Waals surface area contributed by atoms with Crippen LogP contribution in [0.2, 0.25) is 0 Å². The second-order valence-corrected chi connectivity index (χ2v) is 11.5. The number of rotatable bonds is 2. The highest BCUT2D eigenvalue weighted by Gasteiger charge is 2.70. The molecule has 1 aromatic heterocycles. The topological polar surface area (TPSA) is 97.0 Å². The van der Waals surface area contributed by atoms with E-state index in [0.717, 1.165) is 50.5 Å². The molecule has 0 bridgehead atoms. The van der Waals surface area contributed by atoms with Crippen molar-refractivity contribution in [3.05, 3.63) is 34.4 Å². The zero-order valence-corrected chi connectivity index (χ0v) is 19.4. The fraction of sp³-hybridized carbons (Fsp3) is 0.769. The number of aliphatic hydroxyl groups is 2. The minimum Gasteiger partial charge on any atom is -0.463 e. The summed E-state index contributed by atoms with van der Waals surface area (Å²) in [7, 11) is 0. The molecule has 0 radical (unpaired) electrons. The normalized spacial score (nSPS) is 47.8. The molecule has 0 saturated heterocycles. The summed E-state index contributed by atoms with van der Waals surface area (Å²) in [6.45, 7) is 5.98. The second kappa shape index (κ2) is 7.42.